The predicted molar refractivity (Wildman–Crippen MR) is 81.4 cm³/mol. The van der Waals surface area contributed by atoms with Crippen molar-refractivity contribution in [2.24, 2.45) is 5.92 Å². The van der Waals surface area contributed by atoms with E-state index in [1.807, 2.05) is 24.3 Å². The maximum Gasteiger partial charge on any atom is 0.320 e. The molecule has 0 aromatic heterocycles. The first-order valence-electron chi connectivity index (χ1n) is 7.18. The van der Waals surface area contributed by atoms with Crippen LogP contribution in [0, 0.1) is 5.92 Å². The van der Waals surface area contributed by atoms with E-state index in [0.717, 1.165) is 24.3 Å². The van der Waals surface area contributed by atoms with Crippen molar-refractivity contribution < 1.29 is 19.4 Å². The van der Waals surface area contributed by atoms with Crippen LogP contribution < -0.4 is 0 Å². The number of aryl methyl sites for hydroxylation is 1. The van der Waals surface area contributed by atoms with Gasteiger partial charge in [0.1, 0.15) is 0 Å². The number of hydrogen-bond acceptors (Lipinski definition) is 3. The fourth-order valence-electron chi connectivity index (χ4n) is 2.09. The average Bonchev–Trinajstić information content (AvgIpc) is 2.44. The van der Waals surface area contributed by atoms with Crippen LogP contribution >= 0.6 is 11.6 Å². The van der Waals surface area contributed by atoms with Crippen molar-refractivity contribution in [1.82, 2.24) is 0 Å². The molecule has 116 valence electrons. The smallest absolute Gasteiger partial charge is 0.320 e. The van der Waals surface area contributed by atoms with Gasteiger partial charge in [-0.2, -0.15) is 0 Å². The van der Waals surface area contributed by atoms with Gasteiger partial charge in [0.15, 0.2) is 5.92 Å². The van der Waals surface area contributed by atoms with Gasteiger partial charge in [-0.3, -0.25) is 9.59 Å². The highest BCUT2D eigenvalue weighted by Crippen LogP contribution is 2.15. The molecule has 0 radical (unpaired) electrons. The number of rotatable bonds is 9. The third-order valence-corrected chi connectivity index (χ3v) is 3.49. The van der Waals surface area contributed by atoms with E-state index >= 15 is 0 Å². The molecule has 21 heavy (non-hydrogen) atoms. The van der Waals surface area contributed by atoms with Gasteiger partial charge in [-0.05, 0) is 43.9 Å². The first-order chi connectivity index (χ1) is 10.0. The number of carbonyl (C=O) groups is 2. The minimum Gasteiger partial charge on any atom is -0.481 e. The van der Waals surface area contributed by atoms with E-state index in [2.05, 4.69) is 0 Å². The maximum atomic E-state index is 11.5. The van der Waals surface area contributed by atoms with Crippen molar-refractivity contribution in [2.45, 2.75) is 39.0 Å². The Morgan fingerprint density at radius 1 is 1.19 bits per heavy atom. The standard InChI is InChI=1S/C16H21ClO4/c1-2-21-16(20)14(15(18)19)7-5-3-4-6-12-8-10-13(17)11-9-12/h8-11,14H,2-7H2,1H3,(H,18,19)/t14-/m0/s1. The van der Waals surface area contributed by atoms with Crippen LogP contribution in [0.25, 0.3) is 0 Å². The fraction of sp³-hybridized carbons (Fsp3) is 0.500. The summed E-state index contributed by atoms with van der Waals surface area (Å²) in [5.74, 6) is -2.78. The van der Waals surface area contributed by atoms with Crippen LogP contribution in [0.2, 0.25) is 5.02 Å². The molecule has 0 saturated carbocycles. The van der Waals surface area contributed by atoms with Crippen LogP contribution in [-0.4, -0.2) is 23.7 Å². The van der Waals surface area contributed by atoms with Crippen molar-refractivity contribution in [1.29, 1.82) is 0 Å². The molecule has 0 heterocycles. The van der Waals surface area contributed by atoms with Crippen LogP contribution in [0.1, 0.15) is 38.2 Å². The van der Waals surface area contributed by atoms with Crippen LogP contribution in [0.15, 0.2) is 24.3 Å². The number of unbranched alkanes of at least 4 members (excludes halogenated alkanes) is 2. The number of ether oxygens (including phenoxy) is 1. The molecular weight excluding hydrogens is 292 g/mol. The summed E-state index contributed by atoms with van der Waals surface area (Å²) in [6.07, 6.45) is 3.79. The van der Waals surface area contributed by atoms with E-state index in [9.17, 15) is 9.59 Å². The normalized spacial score (nSPS) is 11.9. The number of aliphatic carboxylic acids is 1. The minimum absolute atomic E-state index is 0.208. The maximum absolute atomic E-state index is 11.5. The Hall–Kier alpha value is -1.55. The molecule has 1 N–H and O–H groups in total. The molecule has 1 aromatic rings. The molecule has 4 nitrogen and oxygen atoms in total. The molecule has 1 aromatic carbocycles. The molecule has 0 bridgehead atoms. The molecule has 0 spiro atoms. The van der Waals surface area contributed by atoms with Crippen LogP contribution in [-0.2, 0) is 20.7 Å². The lowest BCUT2D eigenvalue weighted by atomic mass is 10.00. The van der Waals surface area contributed by atoms with E-state index in [4.69, 9.17) is 21.4 Å². The van der Waals surface area contributed by atoms with Crippen LogP contribution in [0.4, 0.5) is 0 Å². The molecule has 5 heteroatoms. The highest BCUT2D eigenvalue weighted by molar-refractivity contribution is 6.30. The Kier molecular flexibility index (Phi) is 7.83. The highest BCUT2D eigenvalue weighted by atomic mass is 35.5. The third kappa shape index (κ3) is 6.63. The molecule has 0 fully saturated rings. The second-order valence-electron chi connectivity index (χ2n) is 4.87. The topological polar surface area (TPSA) is 63.6 Å². The van der Waals surface area contributed by atoms with Gasteiger partial charge in [0.05, 0.1) is 6.61 Å². The first-order valence-corrected chi connectivity index (χ1v) is 7.56. The van der Waals surface area contributed by atoms with Gasteiger partial charge in [-0.25, -0.2) is 0 Å². The van der Waals surface area contributed by atoms with Crippen LogP contribution in [0.3, 0.4) is 0 Å². The fourth-order valence-corrected chi connectivity index (χ4v) is 2.22. The summed E-state index contributed by atoms with van der Waals surface area (Å²) < 4.78 is 4.77. The molecule has 0 saturated heterocycles. The van der Waals surface area contributed by atoms with Gasteiger partial charge < -0.3 is 9.84 Å². The SMILES string of the molecule is CCOC(=O)[C@@H](CCCCCc1ccc(Cl)cc1)C(=O)O. The Morgan fingerprint density at radius 3 is 2.43 bits per heavy atom. The van der Waals surface area contributed by atoms with Crippen molar-refractivity contribution in [3.63, 3.8) is 0 Å². The molecule has 0 aliphatic heterocycles. The number of benzene rings is 1. The number of hydrogen-bond donors (Lipinski definition) is 1. The van der Waals surface area contributed by atoms with E-state index in [0.29, 0.717) is 12.8 Å². The van der Waals surface area contributed by atoms with Crippen molar-refractivity contribution in [2.75, 3.05) is 6.61 Å². The third-order valence-electron chi connectivity index (χ3n) is 3.24. The zero-order chi connectivity index (χ0) is 15.7. The lowest BCUT2D eigenvalue weighted by molar-refractivity contribution is -0.158. The summed E-state index contributed by atoms with van der Waals surface area (Å²) in [7, 11) is 0. The number of carbonyl (C=O) groups excluding carboxylic acids is 1. The van der Waals surface area contributed by atoms with Gasteiger partial charge in [0.2, 0.25) is 0 Å². The second-order valence-corrected chi connectivity index (χ2v) is 5.31. The van der Waals surface area contributed by atoms with Gasteiger partial charge in [-0.1, -0.05) is 36.6 Å². The number of esters is 1. The quantitative estimate of drug-likeness (QED) is 0.429. The molecular formula is C16H21ClO4. The number of carboxylic acid groups (broad SMARTS) is 1. The lowest BCUT2D eigenvalue weighted by Gasteiger charge is -2.10. The largest absolute Gasteiger partial charge is 0.481 e. The second kappa shape index (κ2) is 9.40. The van der Waals surface area contributed by atoms with Crippen LogP contribution in [0.5, 0.6) is 0 Å². The van der Waals surface area contributed by atoms with E-state index in [-0.39, 0.29) is 6.61 Å². The molecule has 0 unspecified atom stereocenters. The monoisotopic (exact) mass is 312 g/mol. The zero-order valence-corrected chi connectivity index (χ0v) is 12.9. The molecule has 0 aliphatic rings. The lowest BCUT2D eigenvalue weighted by Crippen LogP contribution is -2.25. The summed E-state index contributed by atoms with van der Waals surface area (Å²) in [5.41, 5.74) is 1.21. The van der Waals surface area contributed by atoms with Gasteiger partial charge >= 0.3 is 11.9 Å². The first kappa shape index (κ1) is 17.5. The molecule has 0 aliphatic carbocycles. The molecule has 0 amide bonds. The van der Waals surface area contributed by atoms with Crippen molar-refractivity contribution in [3.8, 4) is 0 Å². The van der Waals surface area contributed by atoms with Crippen molar-refractivity contribution >= 4 is 23.5 Å². The van der Waals surface area contributed by atoms with Crippen molar-refractivity contribution in [3.05, 3.63) is 34.9 Å². The summed E-state index contributed by atoms with van der Waals surface area (Å²) in [6.45, 7) is 1.88. The average molecular weight is 313 g/mol. The molecule has 1 atom stereocenters. The van der Waals surface area contributed by atoms with Gasteiger partial charge in [0.25, 0.3) is 0 Å². The Bertz CT molecular complexity index is 456. The summed E-state index contributed by atoms with van der Waals surface area (Å²) in [4.78, 5) is 22.5. The van der Waals surface area contributed by atoms with Gasteiger partial charge in [-0.15, -0.1) is 0 Å². The summed E-state index contributed by atoms with van der Waals surface area (Å²) in [5, 5.41) is 9.74. The summed E-state index contributed by atoms with van der Waals surface area (Å²) >= 11 is 5.82. The van der Waals surface area contributed by atoms with Gasteiger partial charge in [0, 0.05) is 5.02 Å². The zero-order valence-electron chi connectivity index (χ0n) is 12.2. The van der Waals surface area contributed by atoms with E-state index in [1.54, 1.807) is 6.92 Å². The van der Waals surface area contributed by atoms with E-state index < -0.39 is 17.9 Å². The van der Waals surface area contributed by atoms with E-state index in [1.165, 1.54) is 5.56 Å². The predicted octanol–water partition coefficient (Wildman–Crippen LogP) is 3.71. The Morgan fingerprint density at radius 2 is 1.86 bits per heavy atom. The summed E-state index contributed by atoms with van der Waals surface area (Å²) in [6, 6.07) is 7.69. The number of carboxylic acids is 1. The molecule has 1 rings (SSSR count). The Labute approximate surface area is 130 Å². The Balaban J connectivity index is 2.26. The number of halogens is 1. The minimum atomic E-state index is -1.11. The highest BCUT2D eigenvalue weighted by Gasteiger charge is 2.26.